The van der Waals surface area contributed by atoms with Gasteiger partial charge in [-0.2, -0.15) is 9.40 Å². The van der Waals surface area contributed by atoms with Crippen LogP contribution in [0.2, 0.25) is 0 Å². The summed E-state index contributed by atoms with van der Waals surface area (Å²) in [6.45, 7) is 1.28. The molecule has 1 aromatic rings. The van der Waals surface area contributed by atoms with Crippen LogP contribution in [0, 0.1) is 6.92 Å². The van der Waals surface area contributed by atoms with Crippen LogP contribution < -0.4 is 0 Å². The van der Waals surface area contributed by atoms with Crippen LogP contribution in [0.3, 0.4) is 0 Å². The number of carboxylic acids is 1. The number of aromatic carboxylic acids is 1. The van der Waals surface area contributed by atoms with Crippen LogP contribution in [0.4, 0.5) is 4.39 Å². The van der Waals surface area contributed by atoms with Gasteiger partial charge in [-0.1, -0.05) is 0 Å². The lowest BCUT2D eigenvalue weighted by molar-refractivity contribution is 0.0685. The molecule has 0 saturated carbocycles. The molecular formula is C10H14FN3O4S. The smallest absolute Gasteiger partial charge is 0.357 e. The summed E-state index contributed by atoms with van der Waals surface area (Å²) in [5, 5.41) is 12.7. The van der Waals surface area contributed by atoms with E-state index >= 15 is 0 Å². The second kappa shape index (κ2) is 4.57. The highest BCUT2D eigenvalue weighted by Gasteiger charge is 2.38. The van der Waals surface area contributed by atoms with Crippen LogP contribution >= 0.6 is 0 Å². The highest BCUT2D eigenvalue weighted by molar-refractivity contribution is 7.89. The summed E-state index contributed by atoms with van der Waals surface area (Å²) >= 11 is 0. The molecule has 19 heavy (non-hydrogen) atoms. The van der Waals surface area contributed by atoms with E-state index in [-0.39, 0.29) is 30.1 Å². The number of aryl methyl sites for hydroxylation is 1. The van der Waals surface area contributed by atoms with Crippen molar-refractivity contribution in [3.05, 3.63) is 11.4 Å². The second-order valence-electron chi connectivity index (χ2n) is 4.44. The van der Waals surface area contributed by atoms with Gasteiger partial charge in [-0.25, -0.2) is 17.6 Å². The van der Waals surface area contributed by atoms with Gasteiger partial charge in [-0.15, -0.1) is 0 Å². The van der Waals surface area contributed by atoms with Gasteiger partial charge in [0.2, 0.25) is 10.0 Å². The van der Waals surface area contributed by atoms with Crippen LogP contribution in [0.25, 0.3) is 0 Å². The second-order valence-corrected chi connectivity index (χ2v) is 6.32. The van der Waals surface area contributed by atoms with Crippen molar-refractivity contribution in [1.29, 1.82) is 0 Å². The Hall–Kier alpha value is -1.48. The third-order valence-electron chi connectivity index (χ3n) is 3.17. The lowest BCUT2D eigenvalue weighted by Gasteiger charge is -2.15. The number of halogens is 1. The van der Waals surface area contributed by atoms with Crippen molar-refractivity contribution in [1.82, 2.24) is 14.1 Å². The maximum absolute atomic E-state index is 13.1. The lowest BCUT2D eigenvalue weighted by Crippen LogP contribution is -2.30. The monoisotopic (exact) mass is 291 g/mol. The van der Waals surface area contributed by atoms with E-state index in [4.69, 9.17) is 5.11 Å². The fourth-order valence-electron chi connectivity index (χ4n) is 2.07. The fraction of sp³-hybridized carbons (Fsp3) is 0.600. The quantitative estimate of drug-likeness (QED) is 0.856. The number of aromatic nitrogens is 2. The van der Waals surface area contributed by atoms with Gasteiger partial charge in [0, 0.05) is 20.1 Å². The molecule has 0 aromatic carbocycles. The number of carbonyl (C=O) groups is 1. The molecule has 0 radical (unpaired) electrons. The van der Waals surface area contributed by atoms with Crippen molar-refractivity contribution in [3.8, 4) is 0 Å². The van der Waals surface area contributed by atoms with Gasteiger partial charge in [0.15, 0.2) is 5.69 Å². The Kier molecular flexibility index (Phi) is 3.35. The Labute approximate surface area is 109 Å². The normalized spacial score (nSPS) is 20.9. The molecule has 1 atom stereocenters. The molecule has 106 valence electrons. The molecule has 9 heteroatoms. The van der Waals surface area contributed by atoms with E-state index in [1.807, 2.05) is 0 Å². The van der Waals surface area contributed by atoms with Crippen molar-refractivity contribution < 1.29 is 22.7 Å². The number of sulfonamides is 1. The maximum atomic E-state index is 13.1. The third-order valence-corrected chi connectivity index (χ3v) is 5.19. The molecule has 2 rings (SSSR count). The average Bonchev–Trinajstić information content (AvgIpc) is 2.85. The Morgan fingerprint density at radius 1 is 1.53 bits per heavy atom. The highest BCUT2D eigenvalue weighted by Crippen LogP contribution is 2.27. The minimum Gasteiger partial charge on any atom is -0.476 e. The molecule has 0 unspecified atom stereocenters. The van der Waals surface area contributed by atoms with E-state index in [2.05, 4.69) is 5.10 Å². The Morgan fingerprint density at radius 2 is 2.16 bits per heavy atom. The molecule has 1 aromatic heterocycles. The van der Waals surface area contributed by atoms with Gasteiger partial charge in [-0.3, -0.25) is 4.68 Å². The lowest BCUT2D eigenvalue weighted by atomic mass is 10.4. The fourth-order valence-corrected chi connectivity index (χ4v) is 3.91. The van der Waals surface area contributed by atoms with Crippen molar-refractivity contribution in [2.24, 2.45) is 7.05 Å². The predicted molar refractivity (Wildman–Crippen MR) is 63.2 cm³/mol. The SMILES string of the molecule is Cc1c(S(=O)(=O)N2CC[C@@H](F)C2)c(C(=O)O)nn1C. The van der Waals surface area contributed by atoms with Gasteiger partial charge in [0.25, 0.3) is 0 Å². The Morgan fingerprint density at radius 3 is 2.63 bits per heavy atom. The van der Waals surface area contributed by atoms with Crippen molar-refractivity contribution in [2.75, 3.05) is 13.1 Å². The molecule has 1 fully saturated rings. The largest absolute Gasteiger partial charge is 0.476 e. The van der Waals surface area contributed by atoms with Crippen LogP contribution in [-0.4, -0.2) is 52.8 Å². The molecule has 1 saturated heterocycles. The number of hydrogen-bond acceptors (Lipinski definition) is 4. The molecule has 0 aliphatic carbocycles. The molecular weight excluding hydrogens is 277 g/mol. The molecule has 0 amide bonds. The van der Waals surface area contributed by atoms with Crippen molar-refractivity contribution in [3.63, 3.8) is 0 Å². The van der Waals surface area contributed by atoms with E-state index < -0.39 is 27.9 Å². The first-order valence-electron chi connectivity index (χ1n) is 5.66. The summed E-state index contributed by atoms with van der Waals surface area (Å²) < 4.78 is 40.1. The number of nitrogens with zero attached hydrogens (tertiary/aromatic N) is 3. The Bertz CT molecular complexity index is 625. The van der Waals surface area contributed by atoms with Gasteiger partial charge >= 0.3 is 5.97 Å². The molecule has 1 aliphatic heterocycles. The van der Waals surface area contributed by atoms with E-state index in [9.17, 15) is 17.6 Å². The van der Waals surface area contributed by atoms with E-state index in [1.54, 1.807) is 0 Å². The first-order chi connectivity index (χ1) is 8.75. The number of rotatable bonds is 3. The summed E-state index contributed by atoms with van der Waals surface area (Å²) in [4.78, 5) is 10.7. The Balaban J connectivity index is 2.55. The zero-order chi connectivity index (χ0) is 14.4. The average molecular weight is 291 g/mol. The zero-order valence-corrected chi connectivity index (χ0v) is 11.3. The van der Waals surface area contributed by atoms with Crippen LogP contribution in [0.5, 0.6) is 0 Å². The topological polar surface area (TPSA) is 92.5 Å². The summed E-state index contributed by atoms with van der Waals surface area (Å²) in [6, 6.07) is 0. The summed E-state index contributed by atoms with van der Waals surface area (Å²) in [5.74, 6) is -1.42. The third kappa shape index (κ3) is 2.23. The molecule has 7 nitrogen and oxygen atoms in total. The first-order valence-corrected chi connectivity index (χ1v) is 7.10. The summed E-state index contributed by atoms with van der Waals surface area (Å²) in [6.07, 6.45) is -1.08. The number of alkyl halides is 1. The molecule has 1 aliphatic rings. The molecule has 2 heterocycles. The van der Waals surface area contributed by atoms with Gasteiger partial charge in [-0.05, 0) is 13.3 Å². The molecule has 0 spiro atoms. The van der Waals surface area contributed by atoms with E-state index in [0.717, 1.165) is 4.31 Å². The molecule has 0 bridgehead atoms. The standard InChI is InChI=1S/C10H14FN3O4S/c1-6-9(8(10(15)16)12-13(6)2)19(17,18)14-4-3-7(11)5-14/h7H,3-5H2,1-2H3,(H,15,16)/t7-/m1/s1. The summed E-state index contributed by atoms with van der Waals surface area (Å²) in [7, 11) is -2.57. The zero-order valence-electron chi connectivity index (χ0n) is 10.5. The highest BCUT2D eigenvalue weighted by atomic mass is 32.2. The van der Waals surface area contributed by atoms with E-state index in [1.165, 1.54) is 18.7 Å². The van der Waals surface area contributed by atoms with Crippen LogP contribution in [0.15, 0.2) is 4.90 Å². The minimum absolute atomic E-state index is 0.0525. The summed E-state index contributed by atoms with van der Waals surface area (Å²) in [5.41, 5.74) is -0.304. The predicted octanol–water partition coefficient (Wildman–Crippen LogP) is 0.159. The van der Waals surface area contributed by atoms with Crippen LogP contribution in [0.1, 0.15) is 22.6 Å². The van der Waals surface area contributed by atoms with Gasteiger partial charge < -0.3 is 5.11 Å². The van der Waals surface area contributed by atoms with Gasteiger partial charge in [0.1, 0.15) is 11.1 Å². The van der Waals surface area contributed by atoms with E-state index in [0.29, 0.717) is 0 Å². The maximum Gasteiger partial charge on any atom is 0.357 e. The van der Waals surface area contributed by atoms with Crippen LogP contribution in [-0.2, 0) is 17.1 Å². The van der Waals surface area contributed by atoms with Gasteiger partial charge in [0.05, 0.1) is 5.69 Å². The van der Waals surface area contributed by atoms with Crippen molar-refractivity contribution >= 4 is 16.0 Å². The first kappa shape index (κ1) is 13.9. The molecule has 1 N–H and O–H groups in total. The van der Waals surface area contributed by atoms with Crippen molar-refractivity contribution in [2.45, 2.75) is 24.4 Å². The minimum atomic E-state index is -4.03. The number of carboxylic acid groups (broad SMARTS) is 1. The number of hydrogen-bond donors (Lipinski definition) is 1.